The molecular weight excluding hydrogens is 465 g/mol. The van der Waals surface area contributed by atoms with Crippen LogP contribution in [0.15, 0.2) is 55.8 Å². The molecule has 166 valence electrons. The van der Waals surface area contributed by atoms with Crippen LogP contribution in [0.2, 0.25) is 0 Å². The SMILES string of the molecule is CCCCCCOC(=O)C1=C(CCC)NC(c2ncco2)=NC1c1ccc(F)cc1Br. The monoisotopic (exact) mass is 491 g/mol. The molecule has 1 aliphatic heterocycles. The van der Waals surface area contributed by atoms with Gasteiger partial charge in [-0.25, -0.2) is 14.2 Å². The van der Waals surface area contributed by atoms with E-state index < -0.39 is 12.0 Å². The van der Waals surface area contributed by atoms with Crippen LogP contribution in [-0.4, -0.2) is 23.4 Å². The Bertz CT molecular complexity index is 957. The molecule has 0 aliphatic carbocycles. The number of oxazole rings is 1. The van der Waals surface area contributed by atoms with E-state index in [1.165, 1.54) is 24.6 Å². The maximum Gasteiger partial charge on any atom is 0.338 e. The third kappa shape index (κ3) is 5.81. The average Bonchev–Trinajstić information content (AvgIpc) is 3.28. The molecule has 3 rings (SSSR count). The maximum atomic E-state index is 13.7. The number of hydrogen-bond donors (Lipinski definition) is 1. The van der Waals surface area contributed by atoms with Gasteiger partial charge in [-0.3, -0.25) is 4.99 Å². The molecule has 1 unspecified atom stereocenters. The predicted octanol–water partition coefficient (Wildman–Crippen LogP) is 5.85. The van der Waals surface area contributed by atoms with Crippen LogP contribution in [0.3, 0.4) is 0 Å². The number of allylic oxidation sites excluding steroid dienone is 1. The summed E-state index contributed by atoms with van der Waals surface area (Å²) < 4.78 is 25.3. The van der Waals surface area contributed by atoms with Crippen molar-refractivity contribution in [3.05, 3.63) is 63.7 Å². The lowest BCUT2D eigenvalue weighted by Crippen LogP contribution is -2.34. The molecular formula is C23H27BrFN3O3. The van der Waals surface area contributed by atoms with Crippen LogP contribution in [0.4, 0.5) is 4.39 Å². The van der Waals surface area contributed by atoms with Crippen molar-refractivity contribution < 1.29 is 18.3 Å². The molecule has 1 aromatic carbocycles. The number of carbonyl (C=O) groups excluding carboxylic acids is 1. The summed E-state index contributed by atoms with van der Waals surface area (Å²) in [7, 11) is 0. The fourth-order valence-corrected chi connectivity index (χ4v) is 4.02. The summed E-state index contributed by atoms with van der Waals surface area (Å²) in [5.74, 6) is -0.0406. The number of nitrogens with zero attached hydrogens (tertiary/aromatic N) is 2. The summed E-state index contributed by atoms with van der Waals surface area (Å²) in [6.07, 6.45) is 8.49. The lowest BCUT2D eigenvalue weighted by molar-refractivity contribution is -0.139. The second-order valence-corrected chi connectivity index (χ2v) is 8.20. The van der Waals surface area contributed by atoms with Crippen LogP contribution in [0.25, 0.3) is 0 Å². The lowest BCUT2D eigenvalue weighted by atomic mass is 9.94. The molecule has 2 heterocycles. The number of carbonyl (C=O) groups is 1. The van der Waals surface area contributed by atoms with Crippen LogP contribution in [-0.2, 0) is 9.53 Å². The van der Waals surface area contributed by atoms with E-state index >= 15 is 0 Å². The topological polar surface area (TPSA) is 76.7 Å². The molecule has 6 nitrogen and oxygen atoms in total. The van der Waals surface area contributed by atoms with Crippen molar-refractivity contribution in [1.29, 1.82) is 0 Å². The van der Waals surface area contributed by atoms with E-state index in [9.17, 15) is 9.18 Å². The normalized spacial score (nSPS) is 16.1. The fourth-order valence-electron chi connectivity index (χ4n) is 3.45. The Hall–Kier alpha value is -2.48. The Kier molecular flexibility index (Phi) is 8.40. The Labute approximate surface area is 190 Å². The van der Waals surface area contributed by atoms with Crippen molar-refractivity contribution in [2.24, 2.45) is 4.99 Å². The lowest BCUT2D eigenvalue weighted by Gasteiger charge is -2.27. The Morgan fingerprint density at radius 1 is 1.26 bits per heavy atom. The smallest absolute Gasteiger partial charge is 0.338 e. The first-order valence-corrected chi connectivity index (χ1v) is 11.4. The number of unbranched alkanes of at least 4 members (excludes halogenated alkanes) is 3. The molecule has 31 heavy (non-hydrogen) atoms. The predicted molar refractivity (Wildman–Crippen MR) is 120 cm³/mol. The van der Waals surface area contributed by atoms with Crippen LogP contribution >= 0.6 is 15.9 Å². The van der Waals surface area contributed by atoms with Crippen molar-refractivity contribution in [3.8, 4) is 0 Å². The first-order valence-electron chi connectivity index (χ1n) is 10.6. The van der Waals surface area contributed by atoms with Crippen LogP contribution < -0.4 is 5.32 Å². The number of rotatable bonds is 10. The van der Waals surface area contributed by atoms with Crippen LogP contribution in [0, 0.1) is 5.82 Å². The third-order valence-corrected chi connectivity index (χ3v) is 5.66. The molecule has 0 fully saturated rings. The highest BCUT2D eigenvalue weighted by atomic mass is 79.9. The van der Waals surface area contributed by atoms with Gasteiger partial charge in [0.15, 0.2) is 5.84 Å². The highest BCUT2D eigenvalue weighted by Gasteiger charge is 2.34. The van der Waals surface area contributed by atoms with Crippen LogP contribution in [0.5, 0.6) is 0 Å². The van der Waals surface area contributed by atoms with E-state index in [0.29, 0.717) is 46.1 Å². The Balaban J connectivity index is 1.97. The van der Waals surface area contributed by atoms with Gasteiger partial charge in [0.1, 0.15) is 18.1 Å². The van der Waals surface area contributed by atoms with E-state index in [0.717, 1.165) is 32.1 Å². The standard InChI is InChI=1S/C23H27BrFN3O3/c1-3-5-6-7-12-31-23(29)19-18(8-4-2)27-21(22-26-11-13-30-22)28-20(19)16-10-9-15(25)14-17(16)24/h9-11,13-14,20H,3-8,12H2,1-2H3,(H,27,28). The molecule has 0 amide bonds. The van der Waals surface area contributed by atoms with E-state index in [-0.39, 0.29) is 5.82 Å². The minimum atomic E-state index is -0.678. The number of nitrogens with one attached hydrogen (secondary N) is 1. The van der Waals surface area contributed by atoms with Crippen molar-refractivity contribution in [2.75, 3.05) is 6.61 Å². The van der Waals surface area contributed by atoms with Gasteiger partial charge in [-0.05, 0) is 30.5 Å². The maximum absolute atomic E-state index is 13.7. The number of halogens is 2. The number of amidine groups is 1. The molecule has 8 heteroatoms. The van der Waals surface area contributed by atoms with Crippen molar-refractivity contribution in [1.82, 2.24) is 10.3 Å². The van der Waals surface area contributed by atoms with Crippen molar-refractivity contribution >= 4 is 27.7 Å². The number of aliphatic imine (C=N–C) groups is 1. The largest absolute Gasteiger partial charge is 0.462 e. The van der Waals surface area contributed by atoms with Crippen LogP contribution in [0.1, 0.15) is 69.9 Å². The Morgan fingerprint density at radius 3 is 2.77 bits per heavy atom. The van der Waals surface area contributed by atoms with Gasteiger partial charge in [0.2, 0.25) is 0 Å². The van der Waals surface area contributed by atoms with Gasteiger partial charge in [0.05, 0.1) is 18.4 Å². The molecule has 1 N–H and O–H groups in total. The molecule has 0 bridgehead atoms. The average molecular weight is 492 g/mol. The highest BCUT2D eigenvalue weighted by Crippen LogP contribution is 2.37. The second kappa shape index (κ2) is 11.2. The summed E-state index contributed by atoms with van der Waals surface area (Å²) >= 11 is 3.42. The Morgan fingerprint density at radius 2 is 2.10 bits per heavy atom. The van der Waals surface area contributed by atoms with E-state index in [1.807, 2.05) is 6.92 Å². The fraction of sp³-hybridized carbons (Fsp3) is 0.435. The number of esters is 1. The zero-order valence-electron chi connectivity index (χ0n) is 17.8. The summed E-state index contributed by atoms with van der Waals surface area (Å²) in [5.41, 5.74) is 1.81. The van der Waals surface area contributed by atoms with Crippen molar-refractivity contribution in [2.45, 2.75) is 58.4 Å². The van der Waals surface area contributed by atoms with Crippen molar-refractivity contribution in [3.63, 3.8) is 0 Å². The third-order valence-electron chi connectivity index (χ3n) is 4.97. The summed E-state index contributed by atoms with van der Waals surface area (Å²) in [5, 5.41) is 3.21. The molecule has 0 saturated carbocycles. The first kappa shape index (κ1) is 23.2. The number of benzene rings is 1. The number of ether oxygens (including phenoxy) is 1. The minimum Gasteiger partial charge on any atom is -0.462 e. The van der Waals surface area contributed by atoms with Gasteiger partial charge < -0.3 is 14.5 Å². The number of hydrogen-bond acceptors (Lipinski definition) is 6. The van der Waals surface area contributed by atoms with Gasteiger partial charge in [0, 0.05) is 10.2 Å². The van der Waals surface area contributed by atoms with E-state index in [4.69, 9.17) is 14.1 Å². The van der Waals surface area contributed by atoms with Gasteiger partial charge >= 0.3 is 5.97 Å². The molecule has 1 aromatic heterocycles. The quantitative estimate of drug-likeness (QED) is 0.333. The van der Waals surface area contributed by atoms with E-state index in [2.05, 4.69) is 33.2 Å². The van der Waals surface area contributed by atoms with Gasteiger partial charge in [-0.1, -0.05) is 61.5 Å². The molecule has 0 spiro atoms. The van der Waals surface area contributed by atoms with Gasteiger partial charge in [0.25, 0.3) is 5.89 Å². The van der Waals surface area contributed by atoms with Gasteiger partial charge in [-0.15, -0.1) is 0 Å². The highest BCUT2D eigenvalue weighted by molar-refractivity contribution is 9.10. The second-order valence-electron chi connectivity index (χ2n) is 7.35. The number of aromatic nitrogens is 1. The first-order chi connectivity index (χ1) is 15.0. The molecule has 1 aliphatic rings. The summed E-state index contributed by atoms with van der Waals surface area (Å²) in [6.45, 7) is 4.52. The molecule has 1 atom stereocenters. The zero-order chi connectivity index (χ0) is 22.2. The zero-order valence-corrected chi connectivity index (χ0v) is 19.4. The summed E-state index contributed by atoms with van der Waals surface area (Å²) in [6, 6.07) is 3.67. The minimum absolute atomic E-state index is 0.323. The molecule has 0 saturated heterocycles. The van der Waals surface area contributed by atoms with E-state index in [1.54, 1.807) is 6.07 Å². The summed E-state index contributed by atoms with van der Waals surface area (Å²) in [4.78, 5) is 22.0. The molecule has 0 radical (unpaired) electrons. The molecule has 2 aromatic rings. The van der Waals surface area contributed by atoms with Gasteiger partial charge in [-0.2, -0.15) is 0 Å².